The first-order valence-electron chi connectivity index (χ1n) is 5.90. The number of unbranched alkanes of at least 4 members (excludes halogenated alkanes) is 1. The molecule has 2 nitrogen and oxygen atoms in total. The van der Waals surface area contributed by atoms with Crippen LogP contribution in [0.2, 0.25) is 0 Å². The van der Waals surface area contributed by atoms with Crippen molar-refractivity contribution < 1.29 is 5.11 Å². The molecule has 0 heterocycles. The van der Waals surface area contributed by atoms with Crippen molar-refractivity contribution in [3.05, 3.63) is 0 Å². The Kier molecular flexibility index (Phi) is 7.20. The van der Waals surface area contributed by atoms with Gasteiger partial charge in [-0.05, 0) is 12.8 Å². The van der Waals surface area contributed by atoms with E-state index in [0.29, 0.717) is 6.04 Å². The van der Waals surface area contributed by atoms with Gasteiger partial charge in [0, 0.05) is 24.6 Å². The van der Waals surface area contributed by atoms with Gasteiger partial charge in [-0.3, -0.25) is 0 Å². The van der Waals surface area contributed by atoms with Gasteiger partial charge in [0.15, 0.2) is 0 Å². The number of hydrogen-bond acceptors (Lipinski definition) is 2. The zero-order valence-corrected chi connectivity index (χ0v) is 10.3. The van der Waals surface area contributed by atoms with Gasteiger partial charge >= 0.3 is 0 Å². The molecule has 0 aromatic heterocycles. The van der Waals surface area contributed by atoms with Crippen LogP contribution in [0.15, 0.2) is 0 Å². The second-order valence-corrected chi connectivity index (χ2v) is 4.95. The summed E-state index contributed by atoms with van der Waals surface area (Å²) in [5.41, 5.74) is 0.0135. The van der Waals surface area contributed by atoms with Gasteiger partial charge in [0.1, 0.15) is 0 Å². The van der Waals surface area contributed by atoms with Crippen LogP contribution >= 0.6 is 0 Å². The second kappa shape index (κ2) is 7.24. The van der Waals surface area contributed by atoms with E-state index in [1.54, 1.807) is 0 Å². The minimum absolute atomic E-state index is 0.0135. The van der Waals surface area contributed by atoms with Crippen LogP contribution < -0.4 is 5.32 Å². The molecule has 0 aliphatic carbocycles. The molecule has 0 saturated carbocycles. The molecule has 0 aliphatic heterocycles. The third-order valence-electron chi connectivity index (χ3n) is 2.70. The number of nitrogens with one attached hydrogen (secondary N) is 1. The predicted molar refractivity (Wildman–Crippen MR) is 62.5 cm³/mol. The Morgan fingerprint density at radius 2 is 1.93 bits per heavy atom. The van der Waals surface area contributed by atoms with E-state index in [-0.39, 0.29) is 12.0 Å². The molecule has 0 saturated heterocycles. The first-order chi connectivity index (χ1) is 6.55. The van der Waals surface area contributed by atoms with Gasteiger partial charge in [-0.1, -0.05) is 40.5 Å². The van der Waals surface area contributed by atoms with E-state index in [1.165, 1.54) is 25.7 Å². The highest BCUT2D eigenvalue weighted by Crippen LogP contribution is 2.13. The number of rotatable bonds is 8. The van der Waals surface area contributed by atoms with Crippen molar-refractivity contribution in [1.29, 1.82) is 0 Å². The lowest BCUT2D eigenvalue weighted by Gasteiger charge is -2.26. The fourth-order valence-electron chi connectivity index (χ4n) is 1.38. The van der Waals surface area contributed by atoms with Crippen LogP contribution in [0.4, 0.5) is 0 Å². The van der Waals surface area contributed by atoms with Crippen LogP contribution in [0, 0.1) is 5.41 Å². The van der Waals surface area contributed by atoms with Crippen molar-refractivity contribution in [3.8, 4) is 0 Å². The van der Waals surface area contributed by atoms with E-state index in [9.17, 15) is 0 Å². The van der Waals surface area contributed by atoms with Crippen molar-refractivity contribution >= 4 is 0 Å². The molecule has 86 valence electrons. The lowest BCUT2D eigenvalue weighted by Crippen LogP contribution is -2.38. The van der Waals surface area contributed by atoms with Gasteiger partial charge < -0.3 is 10.4 Å². The number of hydrogen-bond donors (Lipinski definition) is 2. The van der Waals surface area contributed by atoms with Crippen LogP contribution in [0.25, 0.3) is 0 Å². The number of aliphatic hydroxyl groups excluding tert-OH is 1. The summed E-state index contributed by atoms with van der Waals surface area (Å²) in [6.45, 7) is 9.79. The summed E-state index contributed by atoms with van der Waals surface area (Å²) in [5, 5.41) is 12.7. The van der Waals surface area contributed by atoms with E-state index in [1.807, 2.05) is 0 Å². The summed E-state index contributed by atoms with van der Waals surface area (Å²) >= 11 is 0. The van der Waals surface area contributed by atoms with Crippen LogP contribution in [0.3, 0.4) is 0 Å². The second-order valence-electron chi connectivity index (χ2n) is 4.95. The molecule has 14 heavy (non-hydrogen) atoms. The normalized spacial score (nSPS) is 14.4. The molecule has 1 unspecified atom stereocenters. The van der Waals surface area contributed by atoms with E-state index >= 15 is 0 Å². The minimum Gasteiger partial charge on any atom is -0.396 e. The molecule has 0 aromatic rings. The molecule has 1 atom stereocenters. The van der Waals surface area contributed by atoms with Crippen molar-refractivity contribution in [1.82, 2.24) is 5.32 Å². The molecule has 0 amide bonds. The molecule has 2 heteroatoms. The predicted octanol–water partition coefficient (Wildman–Crippen LogP) is 2.56. The largest absolute Gasteiger partial charge is 0.396 e. The molecule has 0 bridgehead atoms. The molecule has 2 N–H and O–H groups in total. The molecular formula is C12H27NO. The monoisotopic (exact) mass is 201 g/mol. The van der Waals surface area contributed by atoms with Gasteiger partial charge in [-0.15, -0.1) is 0 Å². The smallest absolute Gasteiger partial charge is 0.0494 e. The fraction of sp³-hybridized carbons (Fsp3) is 1.00. The van der Waals surface area contributed by atoms with Gasteiger partial charge in [0.2, 0.25) is 0 Å². The Balaban J connectivity index is 3.71. The highest BCUT2D eigenvalue weighted by Gasteiger charge is 2.17. The molecule has 0 spiro atoms. The summed E-state index contributed by atoms with van der Waals surface area (Å²) in [6, 6.07) is 0.626. The van der Waals surface area contributed by atoms with Crippen LogP contribution in [0.1, 0.15) is 53.4 Å². The van der Waals surface area contributed by atoms with Gasteiger partial charge in [-0.25, -0.2) is 0 Å². The van der Waals surface area contributed by atoms with Gasteiger partial charge in [0.25, 0.3) is 0 Å². The van der Waals surface area contributed by atoms with Gasteiger partial charge in [-0.2, -0.15) is 0 Å². The van der Waals surface area contributed by atoms with E-state index in [0.717, 1.165) is 6.54 Å². The van der Waals surface area contributed by atoms with E-state index in [4.69, 9.17) is 5.11 Å². The van der Waals surface area contributed by atoms with Crippen LogP contribution in [0.5, 0.6) is 0 Å². The molecule has 0 fully saturated rings. The lowest BCUT2D eigenvalue weighted by atomic mass is 9.94. The van der Waals surface area contributed by atoms with Crippen molar-refractivity contribution in [2.75, 3.05) is 13.2 Å². The maximum Gasteiger partial charge on any atom is 0.0494 e. The maximum absolute atomic E-state index is 9.12. The first kappa shape index (κ1) is 13.9. The minimum atomic E-state index is 0.0135. The van der Waals surface area contributed by atoms with Crippen molar-refractivity contribution in [2.45, 2.75) is 59.4 Å². The van der Waals surface area contributed by atoms with Gasteiger partial charge in [0.05, 0.1) is 0 Å². The Hall–Kier alpha value is -0.0800. The van der Waals surface area contributed by atoms with Crippen molar-refractivity contribution in [2.24, 2.45) is 5.41 Å². The lowest BCUT2D eigenvalue weighted by molar-refractivity contribution is 0.152. The summed E-state index contributed by atoms with van der Waals surface area (Å²) in [4.78, 5) is 0. The Morgan fingerprint density at radius 3 is 2.36 bits per heavy atom. The summed E-state index contributed by atoms with van der Waals surface area (Å²) in [6.07, 6.45) is 5.00. The number of aliphatic hydroxyl groups is 1. The highest BCUT2D eigenvalue weighted by molar-refractivity contribution is 4.74. The van der Waals surface area contributed by atoms with Crippen LogP contribution in [-0.2, 0) is 0 Å². The Bertz CT molecular complexity index is 134. The van der Waals surface area contributed by atoms with Crippen LogP contribution in [-0.4, -0.2) is 24.3 Å². The third-order valence-corrected chi connectivity index (χ3v) is 2.70. The van der Waals surface area contributed by atoms with E-state index in [2.05, 4.69) is 33.0 Å². The molecule has 0 aliphatic rings. The molecule has 0 aromatic carbocycles. The average molecular weight is 201 g/mol. The first-order valence-corrected chi connectivity index (χ1v) is 5.90. The summed E-state index contributed by atoms with van der Waals surface area (Å²) < 4.78 is 0. The Labute approximate surface area is 89.1 Å². The topological polar surface area (TPSA) is 32.3 Å². The zero-order chi connectivity index (χ0) is 11.0. The average Bonchev–Trinajstić information content (AvgIpc) is 2.18. The molecular weight excluding hydrogens is 174 g/mol. The zero-order valence-electron chi connectivity index (χ0n) is 10.3. The SMILES string of the molecule is CCCCC(CC)NCC(C)(C)CO. The fourth-order valence-corrected chi connectivity index (χ4v) is 1.38. The van der Waals surface area contributed by atoms with E-state index < -0.39 is 0 Å². The molecule has 0 radical (unpaired) electrons. The van der Waals surface area contributed by atoms with Crippen molar-refractivity contribution in [3.63, 3.8) is 0 Å². The molecule has 0 rings (SSSR count). The maximum atomic E-state index is 9.12. The summed E-state index contributed by atoms with van der Waals surface area (Å²) in [5.74, 6) is 0. The standard InChI is InChI=1S/C12H27NO/c1-5-7-8-11(6-2)13-9-12(3,4)10-14/h11,13-14H,5-10H2,1-4H3. The Morgan fingerprint density at radius 1 is 1.29 bits per heavy atom. The quantitative estimate of drug-likeness (QED) is 0.632. The third kappa shape index (κ3) is 6.39. The summed E-state index contributed by atoms with van der Waals surface area (Å²) in [7, 11) is 0. The highest BCUT2D eigenvalue weighted by atomic mass is 16.3.